The molecule has 0 amide bonds. The number of nitrogens with zero attached hydrogens (tertiary/aromatic N) is 4. The number of anilines is 1. The summed E-state index contributed by atoms with van der Waals surface area (Å²) in [6.07, 6.45) is 0. The number of piperazine rings is 1. The molecule has 2 aromatic carbocycles. The number of halogens is 1. The number of aromatic nitrogens is 2. The first-order valence-corrected chi connectivity index (χ1v) is 10.5. The number of nitrogens with two attached hydrogens (primary N) is 1. The zero-order valence-corrected chi connectivity index (χ0v) is 17.7. The maximum Gasteiger partial charge on any atom is 0.141 e. The van der Waals surface area contributed by atoms with Crippen molar-refractivity contribution < 1.29 is 0 Å². The molecule has 1 aromatic heterocycles. The largest absolute Gasteiger partial charge is 0.369 e. The van der Waals surface area contributed by atoms with Crippen molar-refractivity contribution in [2.75, 3.05) is 37.6 Å². The fraction of sp³-hybridized carbons (Fsp3) is 0.318. The standard InChI is InChI=1S/C22H26BrN5/c1-26-20(21(23)25-22(26)17-8-4-2-5-9-17)19(16-24)28-14-12-27(13-15-28)18-10-6-3-7-11-18/h2-11,19H,12-16,24H2,1H3. The Morgan fingerprint density at radius 2 is 1.57 bits per heavy atom. The van der Waals surface area contributed by atoms with E-state index in [9.17, 15) is 0 Å². The summed E-state index contributed by atoms with van der Waals surface area (Å²) in [6, 6.07) is 21.1. The van der Waals surface area contributed by atoms with Gasteiger partial charge in [-0.2, -0.15) is 0 Å². The molecule has 1 aliphatic heterocycles. The van der Waals surface area contributed by atoms with Gasteiger partial charge in [0.25, 0.3) is 0 Å². The highest BCUT2D eigenvalue weighted by Gasteiger charge is 2.29. The van der Waals surface area contributed by atoms with Gasteiger partial charge in [-0.25, -0.2) is 4.98 Å². The van der Waals surface area contributed by atoms with Crippen molar-refractivity contribution in [3.05, 3.63) is 71.0 Å². The van der Waals surface area contributed by atoms with E-state index in [2.05, 4.69) is 79.8 Å². The summed E-state index contributed by atoms with van der Waals surface area (Å²) < 4.78 is 3.07. The van der Waals surface area contributed by atoms with Gasteiger partial charge in [-0.1, -0.05) is 48.5 Å². The van der Waals surface area contributed by atoms with Crippen LogP contribution < -0.4 is 10.6 Å². The van der Waals surface area contributed by atoms with Gasteiger partial charge in [-0.05, 0) is 28.1 Å². The van der Waals surface area contributed by atoms with Crippen LogP contribution in [0.25, 0.3) is 11.4 Å². The second-order valence-corrected chi connectivity index (χ2v) is 7.90. The molecule has 28 heavy (non-hydrogen) atoms. The van der Waals surface area contributed by atoms with Gasteiger partial charge in [-0.3, -0.25) is 4.90 Å². The quantitative estimate of drug-likeness (QED) is 0.658. The third-order valence-corrected chi connectivity index (χ3v) is 6.13. The van der Waals surface area contributed by atoms with Gasteiger partial charge in [0.15, 0.2) is 0 Å². The molecular weight excluding hydrogens is 414 g/mol. The van der Waals surface area contributed by atoms with Crippen LogP contribution in [0.4, 0.5) is 5.69 Å². The van der Waals surface area contributed by atoms with E-state index in [1.165, 1.54) is 5.69 Å². The molecule has 5 nitrogen and oxygen atoms in total. The number of imidazole rings is 1. The minimum Gasteiger partial charge on any atom is -0.369 e. The predicted molar refractivity (Wildman–Crippen MR) is 118 cm³/mol. The molecule has 0 spiro atoms. The van der Waals surface area contributed by atoms with Crippen LogP contribution in [0.1, 0.15) is 11.7 Å². The average Bonchev–Trinajstić information content (AvgIpc) is 3.05. The van der Waals surface area contributed by atoms with Crippen molar-refractivity contribution in [1.29, 1.82) is 0 Å². The topological polar surface area (TPSA) is 50.3 Å². The third kappa shape index (κ3) is 3.72. The van der Waals surface area contributed by atoms with Gasteiger partial charge >= 0.3 is 0 Å². The average molecular weight is 440 g/mol. The number of rotatable bonds is 5. The molecule has 146 valence electrons. The molecule has 0 bridgehead atoms. The Morgan fingerprint density at radius 1 is 0.964 bits per heavy atom. The molecule has 0 aliphatic carbocycles. The lowest BCUT2D eigenvalue weighted by atomic mass is 10.1. The molecule has 1 atom stereocenters. The lowest BCUT2D eigenvalue weighted by molar-refractivity contribution is 0.184. The molecule has 4 rings (SSSR count). The lowest BCUT2D eigenvalue weighted by Crippen LogP contribution is -2.49. The van der Waals surface area contributed by atoms with Gasteiger partial charge in [0, 0.05) is 51.0 Å². The molecule has 1 saturated heterocycles. The maximum atomic E-state index is 6.25. The Bertz CT molecular complexity index is 901. The molecule has 2 N–H and O–H groups in total. The predicted octanol–water partition coefficient (Wildman–Crippen LogP) is 3.67. The summed E-state index contributed by atoms with van der Waals surface area (Å²) in [4.78, 5) is 9.72. The van der Waals surface area contributed by atoms with Crippen molar-refractivity contribution in [1.82, 2.24) is 14.5 Å². The van der Waals surface area contributed by atoms with Crippen LogP contribution >= 0.6 is 15.9 Å². The van der Waals surface area contributed by atoms with E-state index >= 15 is 0 Å². The third-order valence-electron chi connectivity index (χ3n) is 5.54. The summed E-state index contributed by atoms with van der Waals surface area (Å²) >= 11 is 3.70. The van der Waals surface area contributed by atoms with E-state index in [1.54, 1.807) is 0 Å². The monoisotopic (exact) mass is 439 g/mol. The van der Waals surface area contributed by atoms with E-state index in [1.807, 2.05) is 18.2 Å². The van der Waals surface area contributed by atoms with Crippen molar-refractivity contribution in [2.45, 2.75) is 6.04 Å². The molecule has 6 heteroatoms. The summed E-state index contributed by atoms with van der Waals surface area (Å²) in [6.45, 7) is 4.53. The number of para-hydroxylation sites is 1. The Morgan fingerprint density at radius 3 is 2.18 bits per heavy atom. The van der Waals surface area contributed by atoms with Crippen LogP contribution in [0.2, 0.25) is 0 Å². The van der Waals surface area contributed by atoms with Crippen molar-refractivity contribution in [3.8, 4) is 11.4 Å². The van der Waals surface area contributed by atoms with Gasteiger partial charge in [0.05, 0.1) is 11.7 Å². The number of hydrogen-bond donors (Lipinski definition) is 1. The highest BCUT2D eigenvalue weighted by molar-refractivity contribution is 9.10. The maximum absolute atomic E-state index is 6.25. The molecule has 1 fully saturated rings. The van der Waals surface area contributed by atoms with Gasteiger partial charge in [0.1, 0.15) is 10.4 Å². The Hall–Kier alpha value is -2.15. The van der Waals surface area contributed by atoms with Crippen LogP contribution in [0.3, 0.4) is 0 Å². The van der Waals surface area contributed by atoms with Crippen LogP contribution in [0, 0.1) is 0 Å². The van der Waals surface area contributed by atoms with E-state index in [4.69, 9.17) is 10.7 Å². The fourth-order valence-electron chi connectivity index (χ4n) is 4.05. The van der Waals surface area contributed by atoms with E-state index in [0.717, 1.165) is 47.9 Å². The number of hydrogen-bond acceptors (Lipinski definition) is 4. The minimum atomic E-state index is 0.141. The van der Waals surface area contributed by atoms with Crippen LogP contribution in [0.5, 0.6) is 0 Å². The fourth-order valence-corrected chi connectivity index (χ4v) is 4.75. The second kappa shape index (κ2) is 8.47. The zero-order chi connectivity index (χ0) is 19.5. The summed E-state index contributed by atoms with van der Waals surface area (Å²) in [5.74, 6) is 0.962. The normalized spacial score (nSPS) is 16.3. The highest BCUT2D eigenvalue weighted by Crippen LogP contribution is 2.32. The first-order chi connectivity index (χ1) is 13.7. The summed E-state index contributed by atoms with van der Waals surface area (Å²) in [5, 5.41) is 0. The van der Waals surface area contributed by atoms with E-state index < -0.39 is 0 Å². The van der Waals surface area contributed by atoms with Crippen molar-refractivity contribution in [3.63, 3.8) is 0 Å². The smallest absolute Gasteiger partial charge is 0.141 e. The minimum absolute atomic E-state index is 0.141. The van der Waals surface area contributed by atoms with Crippen LogP contribution in [0.15, 0.2) is 65.3 Å². The lowest BCUT2D eigenvalue weighted by Gasteiger charge is -2.40. The van der Waals surface area contributed by atoms with Crippen LogP contribution in [-0.2, 0) is 7.05 Å². The SMILES string of the molecule is Cn1c(-c2ccccc2)nc(Br)c1C(CN)N1CCN(c2ccccc2)CC1. The Labute approximate surface area is 174 Å². The Balaban J connectivity index is 1.55. The second-order valence-electron chi connectivity index (χ2n) is 7.15. The molecule has 1 aliphatic rings. The van der Waals surface area contributed by atoms with Gasteiger partial charge in [-0.15, -0.1) is 0 Å². The first-order valence-electron chi connectivity index (χ1n) is 9.70. The number of benzene rings is 2. The van der Waals surface area contributed by atoms with Crippen molar-refractivity contribution in [2.24, 2.45) is 12.8 Å². The van der Waals surface area contributed by atoms with Crippen molar-refractivity contribution >= 4 is 21.6 Å². The van der Waals surface area contributed by atoms with Crippen LogP contribution in [-0.4, -0.2) is 47.2 Å². The first kappa shape index (κ1) is 19.2. The molecular formula is C22H26BrN5. The summed E-state index contributed by atoms with van der Waals surface area (Å²) in [7, 11) is 2.08. The van der Waals surface area contributed by atoms with E-state index in [0.29, 0.717) is 6.54 Å². The molecule has 1 unspecified atom stereocenters. The van der Waals surface area contributed by atoms with E-state index in [-0.39, 0.29) is 6.04 Å². The van der Waals surface area contributed by atoms with Gasteiger partial charge < -0.3 is 15.2 Å². The molecule has 2 heterocycles. The Kier molecular flexibility index (Phi) is 5.80. The highest BCUT2D eigenvalue weighted by atomic mass is 79.9. The molecule has 0 saturated carbocycles. The molecule has 0 radical (unpaired) electrons. The summed E-state index contributed by atoms with van der Waals surface area (Å²) in [5.41, 5.74) is 9.80. The molecule has 3 aromatic rings. The van der Waals surface area contributed by atoms with Gasteiger partial charge in [0.2, 0.25) is 0 Å². The zero-order valence-electron chi connectivity index (χ0n) is 16.1.